The number of benzene rings is 1. The molecular formula is C17H27N3O3. The molecule has 2 amide bonds. The number of urea groups is 1. The molecule has 0 spiro atoms. The van der Waals surface area contributed by atoms with E-state index in [0.717, 1.165) is 30.9 Å². The zero-order chi connectivity index (χ0) is 16.7. The number of nitrogens with zero attached hydrogens (tertiary/aromatic N) is 1. The molecule has 1 aromatic carbocycles. The number of hydrogen-bond acceptors (Lipinski definition) is 4. The lowest BCUT2D eigenvalue weighted by atomic mass is 10.1. The van der Waals surface area contributed by atoms with Crippen LogP contribution in [0.2, 0.25) is 0 Å². The third-order valence-corrected chi connectivity index (χ3v) is 4.06. The number of para-hydroxylation sites is 2. The monoisotopic (exact) mass is 321 g/mol. The first-order valence-corrected chi connectivity index (χ1v) is 8.05. The summed E-state index contributed by atoms with van der Waals surface area (Å²) in [5.41, 5.74) is 1.12. The number of methoxy groups -OCH3 is 2. The maximum atomic E-state index is 11.8. The van der Waals surface area contributed by atoms with Gasteiger partial charge in [0.15, 0.2) is 0 Å². The molecule has 0 aliphatic carbocycles. The van der Waals surface area contributed by atoms with E-state index in [0.29, 0.717) is 19.1 Å². The van der Waals surface area contributed by atoms with Crippen molar-refractivity contribution >= 4 is 11.7 Å². The van der Waals surface area contributed by atoms with Crippen molar-refractivity contribution in [1.29, 1.82) is 0 Å². The Bertz CT molecular complexity index is 510. The molecule has 2 N–H and O–H groups in total. The van der Waals surface area contributed by atoms with Crippen LogP contribution >= 0.6 is 0 Å². The van der Waals surface area contributed by atoms with Crippen molar-refractivity contribution < 1.29 is 14.3 Å². The first-order valence-electron chi connectivity index (χ1n) is 8.05. The van der Waals surface area contributed by atoms with Crippen LogP contribution in [0, 0.1) is 5.92 Å². The van der Waals surface area contributed by atoms with Gasteiger partial charge in [0.2, 0.25) is 0 Å². The fraction of sp³-hybridized carbons (Fsp3) is 0.588. The van der Waals surface area contributed by atoms with Gasteiger partial charge in [-0.25, -0.2) is 4.79 Å². The molecular weight excluding hydrogens is 294 g/mol. The molecule has 0 saturated carbocycles. The first kappa shape index (κ1) is 17.4. The standard InChI is InChI=1S/C17H27N3O3/c1-13(12-22-2)19-17(21)18-10-14-8-9-20(11-14)15-6-4-5-7-16(15)23-3/h4-7,13-14H,8-12H2,1-3H3,(H2,18,19,21). The van der Waals surface area contributed by atoms with Crippen molar-refractivity contribution in [3.05, 3.63) is 24.3 Å². The predicted octanol–water partition coefficient (Wildman–Crippen LogP) is 1.86. The van der Waals surface area contributed by atoms with E-state index >= 15 is 0 Å². The summed E-state index contributed by atoms with van der Waals surface area (Å²) in [6.07, 6.45) is 1.06. The number of ether oxygens (including phenoxy) is 2. The molecule has 1 aliphatic heterocycles. The van der Waals surface area contributed by atoms with Gasteiger partial charge in [0.25, 0.3) is 0 Å². The number of nitrogens with one attached hydrogen (secondary N) is 2. The molecule has 1 heterocycles. The quantitative estimate of drug-likeness (QED) is 0.804. The van der Waals surface area contributed by atoms with E-state index in [1.54, 1.807) is 14.2 Å². The van der Waals surface area contributed by atoms with Gasteiger partial charge >= 0.3 is 6.03 Å². The highest BCUT2D eigenvalue weighted by Crippen LogP contribution is 2.31. The Morgan fingerprint density at radius 2 is 2.17 bits per heavy atom. The van der Waals surface area contributed by atoms with Gasteiger partial charge in [0, 0.05) is 26.7 Å². The molecule has 2 atom stereocenters. The highest BCUT2D eigenvalue weighted by atomic mass is 16.5. The van der Waals surface area contributed by atoms with Crippen LogP contribution in [-0.4, -0.2) is 52.5 Å². The second kappa shape index (κ2) is 8.62. The van der Waals surface area contributed by atoms with Crippen LogP contribution in [0.3, 0.4) is 0 Å². The van der Waals surface area contributed by atoms with E-state index in [1.165, 1.54) is 0 Å². The normalized spacial score (nSPS) is 18.6. The van der Waals surface area contributed by atoms with Crippen LogP contribution in [-0.2, 0) is 4.74 Å². The van der Waals surface area contributed by atoms with Crippen LogP contribution in [0.15, 0.2) is 24.3 Å². The largest absolute Gasteiger partial charge is 0.495 e. The van der Waals surface area contributed by atoms with Gasteiger partial charge < -0.3 is 25.0 Å². The summed E-state index contributed by atoms with van der Waals surface area (Å²) in [5, 5.41) is 5.81. The summed E-state index contributed by atoms with van der Waals surface area (Å²) in [4.78, 5) is 14.1. The van der Waals surface area contributed by atoms with E-state index in [1.807, 2.05) is 25.1 Å². The zero-order valence-electron chi connectivity index (χ0n) is 14.2. The number of carbonyl (C=O) groups is 1. The summed E-state index contributed by atoms with van der Waals surface area (Å²) in [5.74, 6) is 1.34. The minimum Gasteiger partial charge on any atom is -0.495 e. The Morgan fingerprint density at radius 1 is 1.39 bits per heavy atom. The average Bonchev–Trinajstić information content (AvgIpc) is 3.02. The van der Waals surface area contributed by atoms with Crippen LogP contribution in [0.1, 0.15) is 13.3 Å². The van der Waals surface area contributed by atoms with Gasteiger partial charge in [-0.1, -0.05) is 12.1 Å². The summed E-state index contributed by atoms with van der Waals surface area (Å²) >= 11 is 0. The Hall–Kier alpha value is -1.95. The van der Waals surface area contributed by atoms with Crippen LogP contribution < -0.4 is 20.3 Å². The van der Waals surface area contributed by atoms with E-state index in [4.69, 9.17) is 9.47 Å². The van der Waals surface area contributed by atoms with Gasteiger partial charge in [0.1, 0.15) is 5.75 Å². The molecule has 1 aliphatic rings. The Morgan fingerprint density at radius 3 is 2.91 bits per heavy atom. The van der Waals surface area contributed by atoms with Gasteiger partial charge in [-0.15, -0.1) is 0 Å². The zero-order valence-corrected chi connectivity index (χ0v) is 14.2. The molecule has 128 valence electrons. The van der Waals surface area contributed by atoms with Gasteiger partial charge in [-0.05, 0) is 31.4 Å². The van der Waals surface area contributed by atoms with Crippen LogP contribution in [0.25, 0.3) is 0 Å². The molecule has 0 bridgehead atoms. The van der Waals surface area contributed by atoms with E-state index in [2.05, 4.69) is 21.6 Å². The van der Waals surface area contributed by atoms with Crippen molar-refractivity contribution in [3.63, 3.8) is 0 Å². The summed E-state index contributed by atoms with van der Waals surface area (Å²) < 4.78 is 10.4. The second-order valence-corrected chi connectivity index (χ2v) is 5.98. The Kier molecular flexibility index (Phi) is 6.52. The highest BCUT2D eigenvalue weighted by molar-refractivity contribution is 5.74. The predicted molar refractivity (Wildman–Crippen MR) is 91.2 cm³/mol. The van der Waals surface area contributed by atoms with Crippen molar-refractivity contribution in [3.8, 4) is 5.75 Å². The Balaban J connectivity index is 1.78. The fourth-order valence-electron chi connectivity index (χ4n) is 2.91. The van der Waals surface area contributed by atoms with Crippen molar-refractivity contribution in [1.82, 2.24) is 10.6 Å². The van der Waals surface area contributed by atoms with Crippen molar-refractivity contribution in [2.75, 3.05) is 45.4 Å². The average molecular weight is 321 g/mol. The highest BCUT2D eigenvalue weighted by Gasteiger charge is 2.24. The molecule has 0 aromatic heterocycles. The minimum absolute atomic E-state index is 0.00802. The molecule has 1 fully saturated rings. The number of carbonyl (C=O) groups excluding carboxylic acids is 1. The lowest BCUT2D eigenvalue weighted by molar-refractivity contribution is 0.170. The summed E-state index contributed by atoms with van der Waals surface area (Å²) in [6, 6.07) is 7.93. The smallest absolute Gasteiger partial charge is 0.315 e. The molecule has 23 heavy (non-hydrogen) atoms. The number of rotatable bonds is 7. The van der Waals surface area contributed by atoms with Gasteiger partial charge in [0.05, 0.1) is 25.4 Å². The third-order valence-electron chi connectivity index (χ3n) is 4.06. The third kappa shape index (κ3) is 5.03. The summed E-state index contributed by atoms with van der Waals surface area (Å²) in [6.45, 7) is 5.01. The van der Waals surface area contributed by atoms with Crippen molar-refractivity contribution in [2.24, 2.45) is 5.92 Å². The maximum absolute atomic E-state index is 11.8. The number of hydrogen-bond donors (Lipinski definition) is 2. The van der Waals surface area contributed by atoms with Crippen LogP contribution in [0.5, 0.6) is 5.75 Å². The van der Waals surface area contributed by atoms with Crippen LogP contribution in [0.4, 0.5) is 10.5 Å². The lowest BCUT2D eigenvalue weighted by Gasteiger charge is -2.21. The maximum Gasteiger partial charge on any atom is 0.315 e. The van der Waals surface area contributed by atoms with E-state index < -0.39 is 0 Å². The molecule has 2 unspecified atom stereocenters. The number of anilines is 1. The molecule has 6 nitrogen and oxygen atoms in total. The molecule has 6 heteroatoms. The summed E-state index contributed by atoms with van der Waals surface area (Å²) in [7, 11) is 3.32. The first-order chi connectivity index (χ1) is 11.1. The minimum atomic E-state index is -0.134. The molecule has 2 rings (SSSR count). The van der Waals surface area contributed by atoms with E-state index in [9.17, 15) is 4.79 Å². The second-order valence-electron chi connectivity index (χ2n) is 5.98. The Labute approximate surface area is 138 Å². The number of amides is 2. The fourth-order valence-corrected chi connectivity index (χ4v) is 2.91. The lowest BCUT2D eigenvalue weighted by Crippen LogP contribution is -2.44. The van der Waals surface area contributed by atoms with Gasteiger partial charge in [-0.2, -0.15) is 0 Å². The molecule has 1 aromatic rings. The molecule has 1 saturated heterocycles. The van der Waals surface area contributed by atoms with Crippen molar-refractivity contribution in [2.45, 2.75) is 19.4 Å². The SMILES string of the molecule is COCC(C)NC(=O)NCC1CCN(c2ccccc2OC)C1. The topological polar surface area (TPSA) is 62.8 Å². The molecule has 0 radical (unpaired) electrons. The van der Waals surface area contributed by atoms with E-state index in [-0.39, 0.29) is 12.1 Å². The van der Waals surface area contributed by atoms with Gasteiger partial charge in [-0.3, -0.25) is 0 Å².